The molecule has 0 atom stereocenters. The van der Waals surface area contributed by atoms with Crippen molar-refractivity contribution in [1.29, 1.82) is 0 Å². The highest BCUT2D eigenvalue weighted by Crippen LogP contribution is 2.21. The molecule has 2 aromatic carbocycles. The van der Waals surface area contributed by atoms with Crippen LogP contribution in [0.25, 0.3) is 0 Å². The molecular formula is C24H34N2O. The molecule has 0 radical (unpaired) electrons. The molecule has 0 aliphatic carbocycles. The molecule has 0 fully saturated rings. The van der Waals surface area contributed by atoms with Gasteiger partial charge in [0.2, 0.25) is 0 Å². The lowest BCUT2D eigenvalue weighted by atomic mass is 9.99. The lowest BCUT2D eigenvalue weighted by Gasteiger charge is -2.20. The average Bonchev–Trinajstić information content (AvgIpc) is 2.72. The molecule has 0 aliphatic rings. The molecule has 146 valence electrons. The summed E-state index contributed by atoms with van der Waals surface area (Å²) in [5, 5.41) is 6.14. The van der Waals surface area contributed by atoms with Crippen LogP contribution in [-0.2, 0) is 0 Å². The third kappa shape index (κ3) is 8.29. The molecule has 2 rings (SSSR count). The van der Waals surface area contributed by atoms with E-state index in [2.05, 4.69) is 41.8 Å². The van der Waals surface area contributed by atoms with Crippen LogP contribution in [0, 0.1) is 0 Å². The summed E-state index contributed by atoms with van der Waals surface area (Å²) in [5.74, 6) is 0. The summed E-state index contributed by atoms with van der Waals surface area (Å²) in [4.78, 5) is 12.4. The maximum atomic E-state index is 12.4. The molecule has 0 saturated carbocycles. The third-order valence-electron chi connectivity index (χ3n) is 4.86. The summed E-state index contributed by atoms with van der Waals surface area (Å²) in [6.45, 7) is 2.98. The second kappa shape index (κ2) is 13.0. The van der Waals surface area contributed by atoms with Crippen LogP contribution in [0.15, 0.2) is 60.7 Å². The van der Waals surface area contributed by atoms with Crippen LogP contribution in [0.3, 0.4) is 0 Å². The van der Waals surface area contributed by atoms with Crippen LogP contribution in [0.1, 0.15) is 75.5 Å². The van der Waals surface area contributed by atoms with Crippen molar-refractivity contribution in [3.8, 4) is 0 Å². The number of carbonyl (C=O) groups excluding carboxylic acids is 1. The van der Waals surface area contributed by atoms with Crippen LogP contribution in [0.5, 0.6) is 0 Å². The number of hydrogen-bond acceptors (Lipinski definition) is 1. The van der Waals surface area contributed by atoms with E-state index in [1.807, 2.05) is 36.4 Å². The molecule has 0 aromatic heterocycles. The Kier molecular flexibility index (Phi) is 10.1. The van der Waals surface area contributed by atoms with Crippen molar-refractivity contribution in [2.24, 2.45) is 0 Å². The topological polar surface area (TPSA) is 41.1 Å². The number of amides is 2. The first-order valence-electron chi connectivity index (χ1n) is 10.5. The van der Waals surface area contributed by atoms with Gasteiger partial charge in [-0.05, 0) is 17.5 Å². The summed E-state index contributed by atoms with van der Waals surface area (Å²) in [5.41, 5.74) is 2.18. The van der Waals surface area contributed by atoms with E-state index in [9.17, 15) is 4.79 Å². The highest BCUT2D eigenvalue weighted by Gasteiger charge is 2.15. The SMILES string of the molecule is CCCCCCCCCCNC(=O)NC(c1ccccc1)c1ccccc1. The number of rotatable bonds is 12. The smallest absolute Gasteiger partial charge is 0.315 e. The molecule has 2 aromatic rings. The average molecular weight is 367 g/mol. The minimum absolute atomic E-state index is 0.101. The molecule has 0 aliphatic heterocycles. The van der Waals surface area contributed by atoms with Crippen molar-refractivity contribution in [1.82, 2.24) is 10.6 Å². The van der Waals surface area contributed by atoms with E-state index < -0.39 is 0 Å². The Hall–Kier alpha value is -2.29. The normalized spacial score (nSPS) is 10.7. The number of nitrogens with one attached hydrogen (secondary N) is 2. The number of benzene rings is 2. The number of hydrogen-bond donors (Lipinski definition) is 2. The van der Waals surface area contributed by atoms with E-state index in [-0.39, 0.29) is 12.1 Å². The van der Waals surface area contributed by atoms with E-state index in [0.717, 1.165) is 24.1 Å². The van der Waals surface area contributed by atoms with Crippen LogP contribution in [0.2, 0.25) is 0 Å². The minimum Gasteiger partial charge on any atom is -0.338 e. The molecule has 0 spiro atoms. The largest absolute Gasteiger partial charge is 0.338 e. The first-order valence-corrected chi connectivity index (χ1v) is 10.5. The van der Waals surface area contributed by atoms with Crippen molar-refractivity contribution in [2.45, 2.75) is 64.3 Å². The Morgan fingerprint density at radius 1 is 0.741 bits per heavy atom. The minimum atomic E-state index is -0.133. The van der Waals surface area contributed by atoms with Crippen molar-refractivity contribution in [3.05, 3.63) is 71.8 Å². The molecule has 3 nitrogen and oxygen atoms in total. The Balaban J connectivity index is 1.73. The quantitative estimate of drug-likeness (QED) is 0.430. The van der Waals surface area contributed by atoms with Gasteiger partial charge in [-0.3, -0.25) is 0 Å². The monoisotopic (exact) mass is 366 g/mol. The fourth-order valence-electron chi connectivity index (χ4n) is 3.29. The van der Waals surface area contributed by atoms with Gasteiger partial charge in [-0.25, -0.2) is 4.79 Å². The Bertz CT molecular complexity index is 588. The molecule has 2 N–H and O–H groups in total. The van der Waals surface area contributed by atoms with E-state index in [0.29, 0.717) is 0 Å². The molecule has 0 bridgehead atoms. The molecule has 0 unspecified atom stereocenters. The summed E-state index contributed by atoms with van der Waals surface area (Å²) in [6, 6.07) is 20.0. The molecule has 2 amide bonds. The predicted molar refractivity (Wildman–Crippen MR) is 114 cm³/mol. The molecule has 0 saturated heterocycles. The van der Waals surface area contributed by atoms with Crippen LogP contribution in [0.4, 0.5) is 4.79 Å². The van der Waals surface area contributed by atoms with Gasteiger partial charge >= 0.3 is 6.03 Å². The van der Waals surface area contributed by atoms with Gasteiger partial charge in [0.05, 0.1) is 6.04 Å². The zero-order valence-corrected chi connectivity index (χ0v) is 16.6. The van der Waals surface area contributed by atoms with Crippen molar-refractivity contribution < 1.29 is 4.79 Å². The fraction of sp³-hybridized carbons (Fsp3) is 0.458. The summed E-state index contributed by atoms with van der Waals surface area (Å²) < 4.78 is 0. The van der Waals surface area contributed by atoms with Gasteiger partial charge < -0.3 is 10.6 Å². The Labute approximate surface area is 164 Å². The fourth-order valence-corrected chi connectivity index (χ4v) is 3.29. The number of urea groups is 1. The molecule has 0 heterocycles. The lowest BCUT2D eigenvalue weighted by molar-refractivity contribution is 0.238. The summed E-state index contributed by atoms with van der Waals surface area (Å²) >= 11 is 0. The van der Waals surface area contributed by atoms with Gasteiger partial charge in [0.25, 0.3) is 0 Å². The zero-order valence-electron chi connectivity index (χ0n) is 16.6. The third-order valence-corrected chi connectivity index (χ3v) is 4.86. The van der Waals surface area contributed by atoms with Crippen LogP contribution >= 0.6 is 0 Å². The molecule has 27 heavy (non-hydrogen) atoms. The van der Waals surface area contributed by atoms with Crippen molar-refractivity contribution in [3.63, 3.8) is 0 Å². The van der Waals surface area contributed by atoms with E-state index >= 15 is 0 Å². The Morgan fingerprint density at radius 3 is 1.74 bits per heavy atom. The van der Waals surface area contributed by atoms with Gasteiger partial charge in [0.1, 0.15) is 0 Å². The highest BCUT2D eigenvalue weighted by atomic mass is 16.2. The number of carbonyl (C=O) groups is 1. The van der Waals surface area contributed by atoms with Crippen molar-refractivity contribution >= 4 is 6.03 Å². The van der Waals surface area contributed by atoms with Crippen LogP contribution in [-0.4, -0.2) is 12.6 Å². The zero-order chi connectivity index (χ0) is 19.2. The summed E-state index contributed by atoms with van der Waals surface area (Å²) in [6.07, 6.45) is 10.2. The van der Waals surface area contributed by atoms with Gasteiger partial charge in [-0.2, -0.15) is 0 Å². The van der Waals surface area contributed by atoms with E-state index in [1.165, 1.54) is 44.9 Å². The Morgan fingerprint density at radius 2 is 1.22 bits per heavy atom. The lowest BCUT2D eigenvalue weighted by Crippen LogP contribution is -2.38. The molecule has 3 heteroatoms. The summed E-state index contributed by atoms with van der Waals surface area (Å²) in [7, 11) is 0. The van der Waals surface area contributed by atoms with Gasteiger partial charge in [0, 0.05) is 6.54 Å². The second-order valence-corrected chi connectivity index (χ2v) is 7.13. The maximum absolute atomic E-state index is 12.4. The van der Waals surface area contributed by atoms with Crippen molar-refractivity contribution in [2.75, 3.05) is 6.54 Å². The van der Waals surface area contributed by atoms with Crippen LogP contribution < -0.4 is 10.6 Å². The maximum Gasteiger partial charge on any atom is 0.315 e. The molecular weight excluding hydrogens is 332 g/mol. The highest BCUT2D eigenvalue weighted by molar-refractivity contribution is 5.75. The van der Waals surface area contributed by atoms with Gasteiger partial charge in [-0.1, -0.05) is 113 Å². The predicted octanol–water partition coefficient (Wildman–Crippen LogP) is 6.22. The first kappa shape index (κ1) is 21.0. The standard InChI is InChI=1S/C24H34N2O/c1-2-3-4-5-6-7-8-15-20-25-24(27)26-23(21-16-11-9-12-17-21)22-18-13-10-14-19-22/h9-14,16-19,23H,2-8,15,20H2,1H3,(H2,25,26,27). The number of unbranched alkanes of at least 4 members (excludes halogenated alkanes) is 7. The van der Waals surface area contributed by atoms with E-state index in [4.69, 9.17) is 0 Å². The van der Waals surface area contributed by atoms with Gasteiger partial charge in [-0.15, -0.1) is 0 Å². The van der Waals surface area contributed by atoms with E-state index in [1.54, 1.807) is 0 Å². The van der Waals surface area contributed by atoms with Gasteiger partial charge in [0.15, 0.2) is 0 Å². The second-order valence-electron chi connectivity index (χ2n) is 7.13. The first-order chi connectivity index (χ1) is 13.3.